The third-order valence-electron chi connectivity index (χ3n) is 4.61. The molecule has 0 saturated carbocycles. The van der Waals surface area contributed by atoms with Gasteiger partial charge in [-0.2, -0.15) is 0 Å². The molecule has 0 bridgehead atoms. The fraction of sp³-hybridized carbons (Fsp3) is 0.667. The monoisotopic (exact) mass is 322 g/mol. The number of aromatic hydroxyl groups is 1. The van der Waals surface area contributed by atoms with Gasteiger partial charge in [0, 0.05) is 31.3 Å². The second-order valence-electron chi connectivity index (χ2n) is 6.29. The number of likely N-dealkylation sites (tertiary alicyclic amines) is 1. The molecule has 23 heavy (non-hydrogen) atoms. The number of phenolic OH excluding ortho intramolecular Hbond substituents is 1. The van der Waals surface area contributed by atoms with E-state index in [1.54, 1.807) is 6.07 Å². The number of hydrogen-bond acceptors (Lipinski definition) is 5. The highest BCUT2D eigenvalue weighted by molar-refractivity contribution is 5.39. The lowest BCUT2D eigenvalue weighted by atomic mass is 10.0. The van der Waals surface area contributed by atoms with Crippen LogP contribution in [0.4, 0.5) is 0 Å². The van der Waals surface area contributed by atoms with Crippen LogP contribution in [0.1, 0.15) is 31.7 Å². The Kier molecular flexibility index (Phi) is 7.15. The van der Waals surface area contributed by atoms with Gasteiger partial charge in [0.1, 0.15) is 11.5 Å². The van der Waals surface area contributed by atoms with Crippen molar-refractivity contribution >= 4 is 0 Å². The number of phenols is 1. The lowest BCUT2D eigenvalue weighted by Crippen LogP contribution is -2.43. The fourth-order valence-electron chi connectivity index (χ4n) is 3.21. The number of piperidine rings is 1. The van der Waals surface area contributed by atoms with Gasteiger partial charge in [-0.25, -0.2) is 0 Å². The Balaban J connectivity index is 1.85. The summed E-state index contributed by atoms with van der Waals surface area (Å²) in [5.41, 5.74) is 0.933. The third-order valence-corrected chi connectivity index (χ3v) is 4.61. The van der Waals surface area contributed by atoms with Crippen molar-refractivity contribution in [3.05, 3.63) is 23.8 Å². The SMILES string of the molecule is CCOc1ccc(O)c(CN2CCC(N(C)CCCO)CC2)c1. The van der Waals surface area contributed by atoms with E-state index in [1.807, 2.05) is 19.1 Å². The summed E-state index contributed by atoms with van der Waals surface area (Å²) in [5, 5.41) is 19.0. The lowest BCUT2D eigenvalue weighted by molar-refractivity contribution is 0.117. The minimum atomic E-state index is 0.263. The quantitative estimate of drug-likeness (QED) is 0.767. The van der Waals surface area contributed by atoms with Crippen LogP contribution in [0.15, 0.2) is 18.2 Å². The van der Waals surface area contributed by atoms with E-state index in [9.17, 15) is 5.11 Å². The summed E-state index contributed by atoms with van der Waals surface area (Å²) in [6.07, 6.45) is 3.11. The first-order valence-corrected chi connectivity index (χ1v) is 8.62. The standard InChI is InChI=1S/C18H30N2O3/c1-3-23-17-5-6-18(22)15(13-17)14-20-10-7-16(8-11-20)19(2)9-4-12-21/h5-6,13,16,21-22H,3-4,7-12,14H2,1-2H3. The molecule has 0 aromatic heterocycles. The summed E-state index contributed by atoms with van der Waals surface area (Å²) in [6.45, 7) is 6.65. The first-order valence-electron chi connectivity index (χ1n) is 8.62. The predicted molar refractivity (Wildman–Crippen MR) is 91.9 cm³/mol. The molecule has 0 radical (unpaired) electrons. The van der Waals surface area contributed by atoms with E-state index in [1.165, 1.54) is 0 Å². The van der Waals surface area contributed by atoms with Gasteiger partial charge < -0.3 is 19.8 Å². The topological polar surface area (TPSA) is 56.2 Å². The summed E-state index contributed by atoms with van der Waals surface area (Å²) in [5.74, 6) is 1.16. The molecule has 2 N–H and O–H groups in total. The van der Waals surface area contributed by atoms with Gasteiger partial charge in [0.2, 0.25) is 0 Å². The fourth-order valence-corrected chi connectivity index (χ4v) is 3.21. The Bertz CT molecular complexity index is 473. The highest BCUT2D eigenvalue weighted by Crippen LogP contribution is 2.26. The number of benzene rings is 1. The van der Waals surface area contributed by atoms with E-state index in [-0.39, 0.29) is 6.61 Å². The molecule has 2 rings (SSSR count). The zero-order valence-corrected chi connectivity index (χ0v) is 14.4. The second-order valence-corrected chi connectivity index (χ2v) is 6.29. The van der Waals surface area contributed by atoms with Gasteiger partial charge in [-0.15, -0.1) is 0 Å². The molecular weight excluding hydrogens is 292 g/mol. The maximum Gasteiger partial charge on any atom is 0.120 e. The molecule has 1 aliphatic rings. The summed E-state index contributed by atoms with van der Waals surface area (Å²) in [7, 11) is 2.15. The Morgan fingerprint density at radius 2 is 2.04 bits per heavy atom. The molecule has 0 aliphatic carbocycles. The molecule has 1 aliphatic heterocycles. The van der Waals surface area contributed by atoms with Crippen LogP contribution in [0.5, 0.6) is 11.5 Å². The van der Waals surface area contributed by atoms with Gasteiger partial charge in [0.05, 0.1) is 6.61 Å². The van der Waals surface area contributed by atoms with Crippen molar-refractivity contribution in [2.75, 3.05) is 39.9 Å². The zero-order chi connectivity index (χ0) is 16.7. The molecule has 1 saturated heterocycles. The number of aliphatic hydroxyl groups excluding tert-OH is 1. The first-order chi connectivity index (χ1) is 11.1. The van der Waals surface area contributed by atoms with Crippen LogP contribution in [0, 0.1) is 0 Å². The Morgan fingerprint density at radius 1 is 1.30 bits per heavy atom. The number of hydrogen-bond donors (Lipinski definition) is 2. The Labute approximate surface area is 139 Å². The summed E-state index contributed by atoms with van der Waals surface area (Å²) >= 11 is 0. The Morgan fingerprint density at radius 3 is 2.70 bits per heavy atom. The number of nitrogens with zero attached hydrogens (tertiary/aromatic N) is 2. The molecule has 1 fully saturated rings. The molecule has 0 atom stereocenters. The van der Waals surface area contributed by atoms with E-state index >= 15 is 0 Å². The molecule has 130 valence electrons. The zero-order valence-electron chi connectivity index (χ0n) is 14.4. The minimum absolute atomic E-state index is 0.263. The van der Waals surface area contributed by atoms with Gasteiger partial charge in [0.25, 0.3) is 0 Å². The molecule has 1 aromatic rings. The molecule has 0 unspecified atom stereocenters. The van der Waals surface area contributed by atoms with Crippen LogP contribution < -0.4 is 4.74 Å². The highest BCUT2D eigenvalue weighted by atomic mass is 16.5. The van der Waals surface area contributed by atoms with Gasteiger partial charge >= 0.3 is 0 Å². The molecular formula is C18H30N2O3. The van der Waals surface area contributed by atoms with Crippen LogP contribution in [-0.2, 0) is 6.54 Å². The van der Waals surface area contributed by atoms with Crippen molar-refractivity contribution in [2.24, 2.45) is 0 Å². The number of aliphatic hydroxyl groups is 1. The molecule has 1 aromatic carbocycles. The van der Waals surface area contributed by atoms with Crippen LogP contribution in [-0.4, -0.2) is 66.0 Å². The predicted octanol–water partition coefficient (Wildman–Crippen LogP) is 2.07. The van der Waals surface area contributed by atoms with Crippen LogP contribution in [0.2, 0.25) is 0 Å². The average molecular weight is 322 g/mol. The largest absolute Gasteiger partial charge is 0.508 e. The van der Waals surface area contributed by atoms with Gasteiger partial charge in [-0.05, 0) is 64.5 Å². The number of ether oxygens (including phenoxy) is 1. The maximum atomic E-state index is 10.1. The van der Waals surface area contributed by atoms with E-state index < -0.39 is 0 Å². The van der Waals surface area contributed by atoms with Crippen LogP contribution in [0.25, 0.3) is 0 Å². The summed E-state index contributed by atoms with van der Waals surface area (Å²) in [6, 6.07) is 6.07. The van der Waals surface area contributed by atoms with Crippen molar-refractivity contribution in [3.63, 3.8) is 0 Å². The normalized spacial score (nSPS) is 16.9. The molecule has 1 heterocycles. The van der Waals surface area contributed by atoms with Gasteiger partial charge in [-0.1, -0.05) is 0 Å². The first kappa shape index (κ1) is 18.0. The van der Waals surface area contributed by atoms with Crippen molar-refractivity contribution in [3.8, 4) is 11.5 Å². The van der Waals surface area contributed by atoms with E-state index in [4.69, 9.17) is 9.84 Å². The lowest BCUT2D eigenvalue weighted by Gasteiger charge is -2.36. The molecule has 5 nitrogen and oxygen atoms in total. The summed E-state index contributed by atoms with van der Waals surface area (Å²) < 4.78 is 5.52. The molecule has 0 amide bonds. The second kappa shape index (κ2) is 9.11. The smallest absolute Gasteiger partial charge is 0.120 e. The van der Waals surface area contributed by atoms with E-state index in [0.29, 0.717) is 18.4 Å². The van der Waals surface area contributed by atoms with Crippen molar-refractivity contribution in [1.29, 1.82) is 0 Å². The maximum absolute atomic E-state index is 10.1. The van der Waals surface area contributed by atoms with Crippen molar-refractivity contribution < 1.29 is 14.9 Å². The third kappa shape index (κ3) is 5.37. The van der Waals surface area contributed by atoms with Crippen LogP contribution in [0.3, 0.4) is 0 Å². The summed E-state index contributed by atoms with van der Waals surface area (Å²) in [4.78, 5) is 4.75. The minimum Gasteiger partial charge on any atom is -0.508 e. The number of rotatable bonds is 8. The Hall–Kier alpha value is -1.30. The van der Waals surface area contributed by atoms with Gasteiger partial charge in [-0.3, -0.25) is 4.90 Å². The van der Waals surface area contributed by atoms with Crippen molar-refractivity contribution in [1.82, 2.24) is 9.80 Å². The van der Waals surface area contributed by atoms with Crippen LogP contribution >= 0.6 is 0 Å². The average Bonchev–Trinajstić information content (AvgIpc) is 2.56. The van der Waals surface area contributed by atoms with E-state index in [2.05, 4.69) is 16.8 Å². The van der Waals surface area contributed by atoms with Crippen molar-refractivity contribution in [2.45, 2.75) is 38.8 Å². The molecule has 0 spiro atoms. The van der Waals surface area contributed by atoms with E-state index in [0.717, 1.165) is 56.8 Å². The highest BCUT2D eigenvalue weighted by Gasteiger charge is 2.22. The van der Waals surface area contributed by atoms with Gasteiger partial charge in [0.15, 0.2) is 0 Å². The molecule has 5 heteroatoms.